The average Bonchev–Trinajstić information content (AvgIpc) is 3.15. The van der Waals surface area contributed by atoms with Gasteiger partial charge in [-0.15, -0.1) is 0 Å². The van der Waals surface area contributed by atoms with Gasteiger partial charge in [0.05, 0.1) is 36.1 Å². The van der Waals surface area contributed by atoms with Crippen LogP contribution in [0.5, 0.6) is 11.5 Å². The molecule has 0 N–H and O–H groups in total. The van der Waals surface area contributed by atoms with E-state index in [-0.39, 0.29) is 17.7 Å². The molecule has 0 bridgehead atoms. The standard InChI is InChI=1S/C26H24Cl2N2O5S/c1-5-34-23-17(8-7-9-19(23)33-4)22-21(25(32)35-6-2)14(3)29-26-30(22)24(31)20(36-26)12-15-10-11-16(27)13-18(15)28/h7-13,22H,5-6H2,1-4H3/b20-12-. The maximum Gasteiger partial charge on any atom is 0.338 e. The first-order valence-electron chi connectivity index (χ1n) is 11.2. The van der Waals surface area contributed by atoms with Crippen LogP contribution in [0.15, 0.2) is 57.5 Å². The molecule has 2 heterocycles. The van der Waals surface area contributed by atoms with Crippen LogP contribution in [0, 0.1) is 0 Å². The largest absolute Gasteiger partial charge is 0.493 e. The Morgan fingerprint density at radius 3 is 2.64 bits per heavy atom. The number of methoxy groups -OCH3 is 1. The minimum atomic E-state index is -0.834. The Balaban J connectivity index is 2.03. The molecule has 7 nitrogen and oxygen atoms in total. The van der Waals surface area contributed by atoms with Crippen LogP contribution in [-0.2, 0) is 9.53 Å². The summed E-state index contributed by atoms with van der Waals surface area (Å²) < 4.78 is 18.7. The van der Waals surface area contributed by atoms with Gasteiger partial charge in [-0.2, -0.15) is 0 Å². The molecular formula is C26H24Cl2N2O5S. The molecule has 1 aliphatic heterocycles. The van der Waals surface area contributed by atoms with Gasteiger partial charge in [-0.05, 0) is 50.6 Å². The number of carbonyl (C=O) groups is 1. The molecule has 0 fully saturated rings. The third-order valence-corrected chi connectivity index (χ3v) is 7.12. The average molecular weight is 547 g/mol. The van der Waals surface area contributed by atoms with Gasteiger partial charge in [-0.1, -0.05) is 52.7 Å². The molecular weight excluding hydrogens is 523 g/mol. The number of nitrogens with zero attached hydrogens (tertiary/aromatic N) is 2. The van der Waals surface area contributed by atoms with E-state index in [2.05, 4.69) is 4.99 Å². The van der Waals surface area contributed by atoms with Gasteiger partial charge in [0.25, 0.3) is 5.56 Å². The van der Waals surface area contributed by atoms with Crippen LogP contribution in [0.2, 0.25) is 10.0 Å². The second kappa shape index (κ2) is 10.9. The maximum atomic E-state index is 13.8. The summed E-state index contributed by atoms with van der Waals surface area (Å²) in [4.78, 5) is 32.0. The third kappa shape index (κ3) is 4.81. The molecule has 1 aromatic heterocycles. The summed E-state index contributed by atoms with van der Waals surface area (Å²) in [6.45, 7) is 5.85. The van der Waals surface area contributed by atoms with Crippen LogP contribution in [-0.4, -0.2) is 30.9 Å². The molecule has 0 spiro atoms. The lowest BCUT2D eigenvalue weighted by Gasteiger charge is -2.26. The van der Waals surface area contributed by atoms with Crippen molar-refractivity contribution < 1.29 is 19.0 Å². The second-order valence-corrected chi connectivity index (χ2v) is 9.63. The molecule has 0 saturated heterocycles. The van der Waals surface area contributed by atoms with E-state index >= 15 is 0 Å². The fraction of sp³-hybridized carbons (Fsp3) is 0.269. The van der Waals surface area contributed by atoms with E-state index < -0.39 is 12.0 Å². The van der Waals surface area contributed by atoms with Crippen LogP contribution >= 0.6 is 34.5 Å². The summed E-state index contributed by atoms with van der Waals surface area (Å²) in [6, 6.07) is 9.59. The van der Waals surface area contributed by atoms with E-state index in [1.54, 1.807) is 50.3 Å². The first kappa shape index (κ1) is 26.0. The highest BCUT2D eigenvalue weighted by Crippen LogP contribution is 2.40. The number of benzene rings is 2. The predicted octanol–water partition coefficient (Wildman–Crippen LogP) is 4.51. The van der Waals surface area contributed by atoms with Crippen molar-refractivity contribution in [3.8, 4) is 11.5 Å². The third-order valence-electron chi connectivity index (χ3n) is 5.58. The number of aromatic nitrogens is 1. The molecule has 0 aliphatic carbocycles. The van der Waals surface area contributed by atoms with Gasteiger partial charge < -0.3 is 14.2 Å². The number of para-hydroxylation sites is 1. The fourth-order valence-electron chi connectivity index (χ4n) is 4.05. The van der Waals surface area contributed by atoms with E-state index in [4.69, 9.17) is 37.4 Å². The van der Waals surface area contributed by atoms with Crippen LogP contribution in [0.4, 0.5) is 0 Å². The van der Waals surface area contributed by atoms with Crippen molar-refractivity contribution in [3.63, 3.8) is 0 Å². The van der Waals surface area contributed by atoms with E-state index in [9.17, 15) is 9.59 Å². The van der Waals surface area contributed by atoms with Gasteiger partial charge in [0.2, 0.25) is 0 Å². The number of fused-ring (bicyclic) bond motifs is 1. The summed E-state index contributed by atoms with van der Waals surface area (Å²) in [6.07, 6.45) is 1.69. The van der Waals surface area contributed by atoms with Gasteiger partial charge in [0.1, 0.15) is 6.04 Å². The lowest BCUT2D eigenvalue weighted by molar-refractivity contribution is -0.139. The number of ether oxygens (including phenoxy) is 3. The first-order chi connectivity index (χ1) is 17.3. The van der Waals surface area contributed by atoms with Crippen molar-refractivity contribution in [1.82, 2.24) is 4.57 Å². The Bertz CT molecular complexity index is 1540. The summed E-state index contributed by atoms with van der Waals surface area (Å²) in [5, 5.41) is 0.912. The number of carbonyl (C=O) groups excluding carboxylic acids is 1. The van der Waals surface area contributed by atoms with Crippen LogP contribution < -0.4 is 24.4 Å². The molecule has 4 rings (SSSR count). The first-order valence-corrected chi connectivity index (χ1v) is 12.8. The number of thiazole rings is 1. The molecule has 1 aliphatic rings. The van der Waals surface area contributed by atoms with Gasteiger partial charge in [-0.25, -0.2) is 9.79 Å². The van der Waals surface area contributed by atoms with Crippen LogP contribution in [0.1, 0.15) is 37.9 Å². The Hall–Kier alpha value is -3.07. The van der Waals surface area contributed by atoms with E-state index in [1.807, 2.05) is 13.0 Å². The van der Waals surface area contributed by atoms with Crippen molar-refractivity contribution in [2.45, 2.75) is 26.8 Å². The minimum absolute atomic E-state index is 0.179. The van der Waals surface area contributed by atoms with E-state index in [0.29, 0.717) is 54.3 Å². The Labute approximate surface area is 221 Å². The summed E-state index contributed by atoms with van der Waals surface area (Å²) in [7, 11) is 1.54. The molecule has 1 atom stereocenters. The molecule has 0 saturated carbocycles. The quantitative estimate of drug-likeness (QED) is 0.407. The molecule has 10 heteroatoms. The lowest BCUT2D eigenvalue weighted by Crippen LogP contribution is -2.40. The SMILES string of the molecule is CCOC(=O)C1=C(C)N=c2s/c(=C\c3ccc(Cl)cc3Cl)c(=O)n2C1c1cccc(OC)c1OCC. The zero-order valence-corrected chi connectivity index (χ0v) is 22.5. The van der Waals surface area contributed by atoms with Crippen molar-refractivity contribution >= 4 is 46.6 Å². The highest BCUT2D eigenvalue weighted by molar-refractivity contribution is 7.07. The topological polar surface area (TPSA) is 79.1 Å². The monoisotopic (exact) mass is 546 g/mol. The molecule has 2 aromatic carbocycles. The van der Waals surface area contributed by atoms with E-state index in [0.717, 1.165) is 0 Å². The molecule has 188 valence electrons. The smallest absolute Gasteiger partial charge is 0.338 e. The maximum absolute atomic E-state index is 13.8. The van der Waals surface area contributed by atoms with Crippen molar-refractivity contribution in [2.75, 3.05) is 20.3 Å². The summed E-state index contributed by atoms with van der Waals surface area (Å²) in [5.41, 5.74) is 1.62. The fourth-order valence-corrected chi connectivity index (χ4v) is 5.55. The van der Waals surface area contributed by atoms with Gasteiger partial charge in [0.15, 0.2) is 16.3 Å². The normalized spacial score (nSPS) is 15.4. The zero-order chi connectivity index (χ0) is 26.0. The minimum Gasteiger partial charge on any atom is -0.493 e. The van der Waals surface area contributed by atoms with E-state index in [1.165, 1.54) is 23.0 Å². The Morgan fingerprint density at radius 2 is 1.97 bits per heavy atom. The Morgan fingerprint density at radius 1 is 1.19 bits per heavy atom. The summed E-state index contributed by atoms with van der Waals surface area (Å²) >= 11 is 13.6. The van der Waals surface area contributed by atoms with Crippen LogP contribution in [0.25, 0.3) is 6.08 Å². The molecule has 1 unspecified atom stereocenters. The number of hydrogen-bond donors (Lipinski definition) is 0. The predicted molar refractivity (Wildman–Crippen MR) is 141 cm³/mol. The molecule has 0 amide bonds. The van der Waals surface area contributed by atoms with Crippen molar-refractivity contribution in [2.24, 2.45) is 4.99 Å². The van der Waals surface area contributed by atoms with Gasteiger partial charge >= 0.3 is 5.97 Å². The van der Waals surface area contributed by atoms with Gasteiger partial charge in [-0.3, -0.25) is 9.36 Å². The van der Waals surface area contributed by atoms with Crippen LogP contribution in [0.3, 0.4) is 0 Å². The number of allylic oxidation sites excluding steroid dienone is 1. The number of rotatable bonds is 7. The highest BCUT2D eigenvalue weighted by Gasteiger charge is 2.36. The van der Waals surface area contributed by atoms with Crippen molar-refractivity contribution in [1.29, 1.82) is 0 Å². The second-order valence-electron chi connectivity index (χ2n) is 7.78. The Kier molecular flexibility index (Phi) is 7.88. The van der Waals surface area contributed by atoms with Gasteiger partial charge in [0, 0.05) is 15.6 Å². The zero-order valence-electron chi connectivity index (χ0n) is 20.1. The molecule has 0 radical (unpaired) electrons. The summed E-state index contributed by atoms with van der Waals surface area (Å²) in [5.74, 6) is 0.380. The number of esters is 1. The number of hydrogen-bond acceptors (Lipinski definition) is 7. The molecule has 36 heavy (non-hydrogen) atoms. The lowest BCUT2D eigenvalue weighted by atomic mass is 9.94. The molecule has 3 aromatic rings. The van der Waals surface area contributed by atoms with Crippen molar-refractivity contribution in [3.05, 3.63) is 88.5 Å². The highest BCUT2D eigenvalue weighted by atomic mass is 35.5. The number of halogens is 2.